The number of benzene rings is 2. The minimum atomic E-state index is -3.59. The lowest BCUT2D eigenvalue weighted by atomic mass is 10.3. The minimum Gasteiger partial charge on any atom is -0.457 e. The molecule has 0 saturated heterocycles. The molecule has 2 rings (SSSR count). The van der Waals surface area contributed by atoms with Crippen LogP contribution < -0.4 is 19.9 Å². The Morgan fingerprint density at radius 2 is 1.57 bits per heavy atom. The SMILES string of the molecule is NCCNS(=O)(=O)Nc1ccc(Oc2ccccc2)cc1. The van der Waals surface area contributed by atoms with Gasteiger partial charge in [-0.25, -0.2) is 0 Å². The first-order chi connectivity index (χ1) is 10.1. The molecule has 0 spiro atoms. The van der Waals surface area contributed by atoms with Gasteiger partial charge in [-0.1, -0.05) is 18.2 Å². The van der Waals surface area contributed by atoms with Gasteiger partial charge in [0, 0.05) is 13.1 Å². The Hall–Kier alpha value is -2.09. The summed E-state index contributed by atoms with van der Waals surface area (Å²) in [4.78, 5) is 0. The lowest BCUT2D eigenvalue weighted by Crippen LogP contribution is -2.33. The van der Waals surface area contributed by atoms with Gasteiger partial charge < -0.3 is 10.5 Å². The Morgan fingerprint density at radius 3 is 2.19 bits per heavy atom. The van der Waals surface area contributed by atoms with Gasteiger partial charge in [-0.3, -0.25) is 4.72 Å². The monoisotopic (exact) mass is 307 g/mol. The summed E-state index contributed by atoms with van der Waals surface area (Å²) in [5, 5.41) is 0. The molecule has 112 valence electrons. The van der Waals surface area contributed by atoms with Crippen LogP contribution in [0.5, 0.6) is 11.5 Å². The fourth-order valence-electron chi connectivity index (χ4n) is 1.60. The summed E-state index contributed by atoms with van der Waals surface area (Å²) >= 11 is 0. The average molecular weight is 307 g/mol. The predicted molar refractivity (Wildman–Crippen MR) is 82.6 cm³/mol. The molecule has 0 atom stereocenters. The molecular weight excluding hydrogens is 290 g/mol. The topological polar surface area (TPSA) is 93.5 Å². The third-order valence-electron chi connectivity index (χ3n) is 2.52. The Balaban J connectivity index is 1.99. The third-order valence-corrected chi connectivity index (χ3v) is 3.61. The molecule has 0 aromatic heterocycles. The van der Waals surface area contributed by atoms with Gasteiger partial charge in [-0.15, -0.1) is 0 Å². The first-order valence-corrected chi connectivity index (χ1v) is 7.88. The van der Waals surface area contributed by atoms with Crippen LogP contribution in [-0.2, 0) is 10.2 Å². The zero-order valence-corrected chi connectivity index (χ0v) is 12.1. The molecule has 0 unspecified atom stereocenters. The lowest BCUT2D eigenvalue weighted by molar-refractivity contribution is 0.483. The quantitative estimate of drug-likeness (QED) is 0.725. The molecule has 0 amide bonds. The molecule has 7 heteroatoms. The lowest BCUT2D eigenvalue weighted by Gasteiger charge is -2.10. The van der Waals surface area contributed by atoms with Crippen LogP contribution in [-0.4, -0.2) is 21.5 Å². The first-order valence-electron chi connectivity index (χ1n) is 6.39. The van der Waals surface area contributed by atoms with E-state index in [9.17, 15) is 8.42 Å². The summed E-state index contributed by atoms with van der Waals surface area (Å²) in [6.45, 7) is 0.426. The molecule has 2 aromatic carbocycles. The largest absolute Gasteiger partial charge is 0.457 e. The van der Waals surface area contributed by atoms with Crippen molar-refractivity contribution in [2.75, 3.05) is 17.8 Å². The minimum absolute atomic E-state index is 0.185. The van der Waals surface area contributed by atoms with E-state index in [0.29, 0.717) is 11.4 Å². The summed E-state index contributed by atoms with van der Waals surface area (Å²) in [7, 11) is -3.59. The standard InChI is InChI=1S/C14H17N3O3S/c15-10-11-16-21(18,19)17-12-6-8-14(9-7-12)20-13-4-2-1-3-5-13/h1-9,16-17H,10-11,15H2. The maximum absolute atomic E-state index is 11.6. The molecule has 0 heterocycles. The average Bonchev–Trinajstić information content (AvgIpc) is 2.48. The van der Waals surface area contributed by atoms with E-state index in [-0.39, 0.29) is 13.1 Å². The molecule has 0 fully saturated rings. The summed E-state index contributed by atoms with van der Waals surface area (Å²) < 4.78 is 33.6. The van der Waals surface area contributed by atoms with Crippen molar-refractivity contribution in [2.45, 2.75) is 0 Å². The molecule has 0 aliphatic rings. The van der Waals surface area contributed by atoms with Crippen molar-refractivity contribution < 1.29 is 13.2 Å². The molecule has 0 radical (unpaired) electrons. The smallest absolute Gasteiger partial charge is 0.299 e. The number of para-hydroxylation sites is 1. The van der Waals surface area contributed by atoms with E-state index in [1.807, 2.05) is 30.3 Å². The number of hydrogen-bond donors (Lipinski definition) is 3. The van der Waals surface area contributed by atoms with Crippen LogP contribution in [0.2, 0.25) is 0 Å². The van der Waals surface area contributed by atoms with E-state index in [1.54, 1.807) is 24.3 Å². The van der Waals surface area contributed by atoms with Crippen LogP contribution in [0.3, 0.4) is 0 Å². The number of nitrogens with one attached hydrogen (secondary N) is 2. The van der Waals surface area contributed by atoms with Gasteiger partial charge >= 0.3 is 0 Å². The Labute approximate surface area is 124 Å². The molecular formula is C14H17N3O3S. The Kier molecular flexibility index (Phi) is 5.15. The highest BCUT2D eigenvalue weighted by molar-refractivity contribution is 7.90. The van der Waals surface area contributed by atoms with Crippen LogP contribution >= 0.6 is 0 Å². The highest BCUT2D eigenvalue weighted by atomic mass is 32.2. The summed E-state index contributed by atoms with van der Waals surface area (Å²) in [6, 6.07) is 16.0. The molecule has 2 aromatic rings. The number of anilines is 1. The number of nitrogens with two attached hydrogens (primary N) is 1. The fourth-order valence-corrected chi connectivity index (χ4v) is 2.51. The molecule has 4 N–H and O–H groups in total. The van der Waals surface area contributed by atoms with Gasteiger partial charge in [0.25, 0.3) is 10.2 Å². The second kappa shape index (κ2) is 7.07. The zero-order chi connectivity index (χ0) is 15.1. The Bertz CT molecular complexity index is 658. The van der Waals surface area contributed by atoms with Crippen molar-refractivity contribution in [3.8, 4) is 11.5 Å². The van der Waals surface area contributed by atoms with E-state index in [4.69, 9.17) is 10.5 Å². The molecule has 0 bridgehead atoms. The zero-order valence-electron chi connectivity index (χ0n) is 11.3. The van der Waals surface area contributed by atoms with Gasteiger partial charge in [0.2, 0.25) is 0 Å². The predicted octanol–water partition coefficient (Wildman–Crippen LogP) is 1.68. The molecule has 21 heavy (non-hydrogen) atoms. The van der Waals surface area contributed by atoms with Crippen molar-refractivity contribution in [1.29, 1.82) is 0 Å². The van der Waals surface area contributed by atoms with E-state index in [1.165, 1.54) is 0 Å². The van der Waals surface area contributed by atoms with Crippen molar-refractivity contribution in [3.63, 3.8) is 0 Å². The highest BCUT2D eigenvalue weighted by Crippen LogP contribution is 2.22. The first kappa shape index (κ1) is 15.3. The summed E-state index contributed by atoms with van der Waals surface area (Å²) in [6.07, 6.45) is 0. The Morgan fingerprint density at radius 1 is 0.952 bits per heavy atom. The third kappa shape index (κ3) is 5.07. The van der Waals surface area contributed by atoms with Crippen molar-refractivity contribution in [3.05, 3.63) is 54.6 Å². The van der Waals surface area contributed by atoms with Crippen LogP contribution in [0.1, 0.15) is 0 Å². The number of ether oxygens (including phenoxy) is 1. The van der Waals surface area contributed by atoms with Gasteiger partial charge in [-0.2, -0.15) is 13.1 Å². The second-order valence-corrected chi connectivity index (χ2v) is 5.73. The van der Waals surface area contributed by atoms with Crippen LogP contribution in [0.15, 0.2) is 54.6 Å². The van der Waals surface area contributed by atoms with Gasteiger partial charge in [0.15, 0.2) is 0 Å². The van der Waals surface area contributed by atoms with Crippen LogP contribution in [0, 0.1) is 0 Å². The van der Waals surface area contributed by atoms with E-state index < -0.39 is 10.2 Å². The van der Waals surface area contributed by atoms with Crippen molar-refractivity contribution in [1.82, 2.24) is 4.72 Å². The van der Waals surface area contributed by atoms with Gasteiger partial charge in [-0.05, 0) is 36.4 Å². The van der Waals surface area contributed by atoms with Crippen LogP contribution in [0.25, 0.3) is 0 Å². The fraction of sp³-hybridized carbons (Fsp3) is 0.143. The van der Waals surface area contributed by atoms with Crippen LogP contribution in [0.4, 0.5) is 5.69 Å². The van der Waals surface area contributed by atoms with E-state index >= 15 is 0 Å². The number of rotatable bonds is 7. The van der Waals surface area contributed by atoms with Gasteiger partial charge in [0.1, 0.15) is 11.5 Å². The molecule has 0 aliphatic carbocycles. The molecule has 0 aliphatic heterocycles. The van der Waals surface area contributed by atoms with E-state index in [0.717, 1.165) is 5.75 Å². The maximum Gasteiger partial charge on any atom is 0.299 e. The molecule has 0 saturated carbocycles. The maximum atomic E-state index is 11.6. The van der Waals surface area contributed by atoms with E-state index in [2.05, 4.69) is 9.44 Å². The second-order valence-electron chi connectivity index (χ2n) is 4.23. The summed E-state index contributed by atoms with van der Waals surface area (Å²) in [5.41, 5.74) is 5.70. The normalized spacial score (nSPS) is 11.1. The van der Waals surface area contributed by atoms with Crippen molar-refractivity contribution >= 4 is 15.9 Å². The molecule has 6 nitrogen and oxygen atoms in total. The van der Waals surface area contributed by atoms with Gasteiger partial charge in [0.05, 0.1) is 5.69 Å². The number of hydrogen-bond acceptors (Lipinski definition) is 4. The summed E-state index contributed by atoms with van der Waals surface area (Å²) in [5.74, 6) is 1.34. The van der Waals surface area contributed by atoms with Crippen molar-refractivity contribution in [2.24, 2.45) is 5.73 Å². The highest BCUT2D eigenvalue weighted by Gasteiger charge is 2.08.